The molecule has 0 aliphatic carbocycles. The van der Waals surface area contributed by atoms with Crippen molar-refractivity contribution in [3.8, 4) is 5.06 Å². The topological polar surface area (TPSA) is 13.1 Å². The van der Waals surface area contributed by atoms with Crippen LogP contribution in [0.1, 0.15) is 34.6 Å². The van der Waals surface area contributed by atoms with E-state index in [0.29, 0.717) is 5.92 Å². The number of rotatable bonds is 3. The van der Waals surface area contributed by atoms with Crippen molar-refractivity contribution < 1.29 is 9.30 Å². The summed E-state index contributed by atoms with van der Waals surface area (Å²) < 4.78 is 7.83. The molecule has 0 aliphatic rings. The highest BCUT2D eigenvalue weighted by Crippen LogP contribution is 2.18. The summed E-state index contributed by atoms with van der Waals surface area (Å²) in [7, 11) is 0. The third-order valence-electron chi connectivity index (χ3n) is 1.86. The third-order valence-corrected chi connectivity index (χ3v) is 2.65. The van der Waals surface area contributed by atoms with Gasteiger partial charge in [0.25, 0.3) is 0 Å². The van der Waals surface area contributed by atoms with Gasteiger partial charge in [0.2, 0.25) is 16.8 Å². The minimum atomic E-state index is 0.149. The van der Waals surface area contributed by atoms with Gasteiger partial charge in [-0.3, -0.25) is 0 Å². The van der Waals surface area contributed by atoms with E-state index in [1.165, 1.54) is 0 Å². The van der Waals surface area contributed by atoms with E-state index in [-0.39, 0.29) is 5.54 Å². The Balaban J connectivity index is 2.60. The first-order valence-corrected chi connectivity index (χ1v) is 5.90. The van der Waals surface area contributed by atoms with Gasteiger partial charge < -0.3 is 4.74 Å². The maximum Gasteiger partial charge on any atom is 0.244 e. The van der Waals surface area contributed by atoms with E-state index < -0.39 is 0 Å². The van der Waals surface area contributed by atoms with Crippen molar-refractivity contribution in [2.24, 2.45) is 5.92 Å². The molecule has 0 saturated heterocycles. The largest absolute Gasteiger partial charge is 0.479 e. The number of hydrogen-bond donors (Lipinski definition) is 0. The Morgan fingerprint density at radius 2 is 2.07 bits per heavy atom. The Hall–Kier alpha value is -0.570. The van der Waals surface area contributed by atoms with E-state index >= 15 is 0 Å². The molecule has 80 valence electrons. The van der Waals surface area contributed by atoms with Crippen LogP contribution < -0.4 is 9.30 Å². The molecule has 1 aromatic rings. The van der Waals surface area contributed by atoms with Gasteiger partial charge >= 0.3 is 0 Å². The fourth-order valence-corrected chi connectivity index (χ4v) is 1.86. The number of nitrogens with zero attached hydrogens (tertiary/aromatic N) is 1. The zero-order valence-electron chi connectivity index (χ0n) is 9.70. The third kappa shape index (κ3) is 3.29. The molecule has 1 rings (SSSR count). The van der Waals surface area contributed by atoms with Crippen LogP contribution in [0.15, 0.2) is 11.7 Å². The molecule has 0 amide bonds. The predicted molar refractivity (Wildman–Crippen MR) is 59.8 cm³/mol. The van der Waals surface area contributed by atoms with E-state index in [0.717, 1.165) is 11.7 Å². The number of aromatic nitrogens is 1. The summed E-state index contributed by atoms with van der Waals surface area (Å²) in [5.74, 6) is 0.584. The van der Waals surface area contributed by atoms with Crippen molar-refractivity contribution >= 4 is 11.3 Å². The van der Waals surface area contributed by atoms with Crippen LogP contribution in [0.2, 0.25) is 0 Å². The van der Waals surface area contributed by atoms with E-state index in [4.69, 9.17) is 4.74 Å². The number of thiazole rings is 1. The number of ether oxygens (including phenoxy) is 1. The predicted octanol–water partition coefficient (Wildman–Crippen LogP) is 2.83. The maximum atomic E-state index is 5.64. The molecule has 0 radical (unpaired) electrons. The second kappa shape index (κ2) is 4.30. The lowest BCUT2D eigenvalue weighted by Gasteiger charge is -2.09. The highest BCUT2D eigenvalue weighted by atomic mass is 32.1. The fourth-order valence-electron chi connectivity index (χ4n) is 0.955. The summed E-state index contributed by atoms with van der Waals surface area (Å²) in [5, 5.41) is 1.01. The summed E-state index contributed by atoms with van der Waals surface area (Å²) in [5.41, 5.74) is 2.26. The van der Waals surface area contributed by atoms with Gasteiger partial charge in [-0.05, 0) is 17.3 Å². The van der Waals surface area contributed by atoms with Crippen molar-refractivity contribution in [2.45, 2.75) is 40.2 Å². The molecule has 1 aromatic heterocycles. The van der Waals surface area contributed by atoms with Crippen molar-refractivity contribution in [1.29, 1.82) is 0 Å². The minimum Gasteiger partial charge on any atom is -0.479 e. The smallest absolute Gasteiger partial charge is 0.244 e. The Morgan fingerprint density at radius 3 is 2.50 bits per heavy atom. The molecule has 14 heavy (non-hydrogen) atoms. The lowest BCUT2D eigenvalue weighted by Crippen LogP contribution is -2.47. The van der Waals surface area contributed by atoms with E-state index in [1.807, 2.05) is 0 Å². The molecule has 0 saturated carbocycles. The molecule has 2 nitrogen and oxygen atoms in total. The van der Waals surface area contributed by atoms with E-state index in [9.17, 15) is 0 Å². The zero-order valence-corrected chi connectivity index (χ0v) is 10.5. The summed E-state index contributed by atoms with van der Waals surface area (Å²) in [4.78, 5) is 0. The molecule has 0 atom stereocenters. The van der Waals surface area contributed by atoms with Crippen LogP contribution >= 0.6 is 11.3 Å². The van der Waals surface area contributed by atoms with Crippen LogP contribution in [0.4, 0.5) is 0 Å². The standard InChI is InChI=1S/C11H20NOS/c1-9(2)7-13-10-6-12(8-14-10)11(3,4)5/h6,8-9H,7H2,1-5H3/q+1. The second-order valence-corrected chi connectivity index (χ2v) is 5.80. The molecule has 0 unspecified atom stereocenters. The Kier molecular flexibility index (Phi) is 3.53. The summed E-state index contributed by atoms with van der Waals surface area (Å²) in [6, 6.07) is 0. The summed E-state index contributed by atoms with van der Waals surface area (Å²) in [6.45, 7) is 11.7. The monoisotopic (exact) mass is 214 g/mol. The Labute approximate surface area is 90.5 Å². The molecular formula is C11H20NOS+. The van der Waals surface area contributed by atoms with E-state index in [1.54, 1.807) is 11.3 Å². The molecule has 1 heterocycles. The normalized spacial score (nSPS) is 12.1. The van der Waals surface area contributed by atoms with Crippen LogP contribution in [0.5, 0.6) is 5.06 Å². The lowest BCUT2D eigenvalue weighted by atomic mass is 10.1. The Morgan fingerprint density at radius 1 is 1.43 bits per heavy atom. The van der Waals surface area contributed by atoms with Crippen LogP contribution in [-0.2, 0) is 5.54 Å². The second-order valence-electron chi connectivity index (χ2n) is 4.95. The maximum absolute atomic E-state index is 5.64. The summed E-state index contributed by atoms with van der Waals surface area (Å²) >= 11 is 1.66. The first-order valence-electron chi connectivity index (χ1n) is 5.02. The zero-order chi connectivity index (χ0) is 10.8. The van der Waals surface area contributed by atoms with Crippen molar-refractivity contribution in [2.75, 3.05) is 6.61 Å². The van der Waals surface area contributed by atoms with Gasteiger partial charge in [0.05, 0.1) is 6.61 Å². The molecule has 0 aliphatic heterocycles. The minimum absolute atomic E-state index is 0.149. The lowest BCUT2D eigenvalue weighted by molar-refractivity contribution is -0.750. The van der Waals surface area contributed by atoms with Gasteiger partial charge in [0, 0.05) is 20.8 Å². The van der Waals surface area contributed by atoms with Crippen LogP contribution in [0, 0.1) is 5.92 Å². The number of hydrogen-bond acceptors (Lipinski definition) is 2. The molecule has 0 bridgehead atoms. The van der Waals surface area contributed by atoms with Crippen molar-refractivity contribution in [3.05, 3.63) is 11.7 Å². The van der Waals surface area contributed by atoms with Crippen molar-refractivity contribution in [1.82, 2.24) is 0 Å². The van der Waals surface area contributed by atoms with Crippen LogP contribution in [-0.4, -0.2) is 6.61 Å². The van der Waals surface area contributed by atoms with Crippen LogP contribution in [0.3, 0.4) is 0 Å². The molecule has 0 N–H and O–H groups in total. The molecule has 0 aromatic carbocycles. The van der Waals surface area contributed by atoms with Crippen LogP contribution in [0.25, 0.3) is 0 Å². The highest BCUT2D eigenvalue weighted by molar-refractivity contribution is 7.11. The SMILES string of the molecule is CC(C)COc1c[n+](C(C)(C)C)cs1. The molecule has 3 heteroatoms. The average molecular weight is 214 g/mol. The molecule has 0 spiro atoms. The average Bonchev–Trinajstić information content (AvgIpc) is 2.47. The quantitative estimate of drug-likeness (QED) is 0.705. The molecule has 0 fully saturated rings. The Bertz CT molecular complexity index is 286. The summed E-state index contributed by atoms with van der Waals surface area (Å²) in [6.07, 6.45) is 2.08. The van der Waals surface area contributed by atoms with Gasteiger partial charge in [-0.25, -0.2) is 0 Å². The van der Waals surface area contributed by atoms with Crippen molar-refractivity contribution in [3.63, 3.8) is 0 Å². The van der Waals surface area contributed by atoms with Gasteiger partial charge in [-0.1, -0.05) is 13.8 Å². The van der Waals surface area contributed by atoms with Gasteiger partial charge in [-0.2, -0.15) is 4.57 Å². The first-order chi connectivity index (χ1) is 6.39. The van der Waals surface area contributed by atoms with Gasteiger partial charge in [0.1, 0.15) is 0 Å². The highest BCUT2D eigenvalue weighted by Gasteiger charge is 2.23. The van der Waals surface area contributed by atoms with Gasteiger partial charge in [0.15, 0.2) is 5.54 Å². The fraction of sp³-hybridized carbons (Fsp3) is 0.727. The van der Waals surface area contributed by atoms with Gasteiger partial charge in [-0.15, -0.1) is 0 Å². The first kappa shape index (κ1) is 11.5. The van der Waals surface area contributed by atoms with E-state index in [2.05, 4.69) is 50.9 Å². The molecular weight excluding hydrogens is 194 g/mol.